The van der Waals surface area contributed by atoms with Gasteiger partial charge in [0.05, 0.1) is 12.2 Å². The van der Waals surface area contributed by atoms with E-state index in [1.807, 2.05) is 6.07 Å². The van der Waals surface area contributed by atoms with E-state index >= 15 is 0 Å². The zero-order chi connectivity index (χ0) is 15.0. The van der Waals surface area contributed by atoms with Crippen LogP contribution in [0.4, 0.5) is 11.4 Å². The molecule has 1 heterocycles. The van der Waals surface area contributed by atoms with Gasteiger partial charge in [0.1, 0.15) is 11.2 Å². The lowest BCUT2D eigenvalue weighted by Crippen LogP contribution is -2.31. The van der Waals surface area contributed by atoms with E-state index in [2.05, 4.69) is 20.9 Å². The SMILES string of the molecule is Nc1cc(Br)ccc1CN1C=Nc2ccccc2S1(=O)=O. The lowest BCUT2D eigenvalue weighted by atomic mass is 10.2. The van der Waals surface area contributed by atoms with Crippen LogP contribution < -0.4 is 5.73 Å². The van der Waals surface area contributed by atoms with Crippen molar-refractivity contribution in [1.82, 2.24) is 4.31 Å². The molecule has 0 aromatic heterocycles. The highest BCUT2D eigenvalue weighted by atomic mass is 79.9. The summed E-state index contributed by atoms with van der Waals surface area (Å²) >= 11 is 3.33. The fourth-order valence-corrected chi connectivity index (χ4v) is 3.85. The van der Waals surface area contributed by atoms with Crippen LogP contribution in [0.1, 0.15) is 5.56 Å². The van der Waals surface area contributed by atoms with Crippen LogP contribution in [0, 0.1) is 0 Å². The van der Waals surface area contributed by atoms with Crippen LogP contribution in [0.3, 0.4) is 0 Å². The molecule has 0 amide bonds. The molecule has 2 aromatic rings. The molecule has 0 unspecified atom stereocenters. The molecule has 0 fully saturated rings. The van der Waals surface area contributed by atoms with E-state index in [0.29, 0.717) is 11.4 Å². The first-order chi connectivity index (χ1) is 9.98. The van der Waals surface area contributed by atoms with Crippen molar-refractivity contribution in [3.63, 3.8) is 0 Å². The minimum atomic E-state index is -3.59. The number of halogens is 1. The minimum absolute atomic E-state index is 0.152. The predicted octanol–water partition coefficient (Wildman–Crippen LogP) is 2.90. The molecule has 21 heavy (non-hydrogen) atoms. The van der Waals surface area contributed by atoms with Crippen LogP contribution in [0.25, 0.3) is 0 Å². The van der Waals surface area contributed by atoms with Crippen LogP contribution in [0.2, 0.25) is 0 Å². The summed E-state index contributed by atoms with van der Waals surface area (Å²) in [7, 11) is -3.59. The van der Waals surface area contributed by atoms with Gasteiger partial charge < -0.3 is 5.73 Å². The van der Waals surface area contributed by atoms with E-state index < -0.39 is 10.0 Å². The molecule has 5 nitrogen and oxygen atoms in total. The number of hydrogen-bond donors (Lipinski definition) is 1. The fraction of sp³-hybridized carbons (Fsp3) is 0.0714. The van der Waals surface area contributed by atoms with Gasteiger partial charge in [-0.25, -0.2) is 13.4 Å². The second-order valence-corrected chi connectivity index (χ2v) is 7.38. The van der Waals surface area contributed by atoms with E-state index in [9.17, 15) is 8.42 Å². The maximum Gasteiger partial charge on any atom is 0.267 e. The highest BCUT2D eigenvalue weighted by Gasteiger charge is 2.28. The molecule has 3 rings (SSSR count). The number of nitrogens with zero attached hydrogens (tertiary/aromatic N) is 2. The van der Waals surface area contributed by atoms with Gasteiger partial charge in [-0.15, -0.1) is 0 Å². The van der Waals surface area contributed by atoms with Gasteiger partial charge >= 0.3 is 0 Å². The minimum Gasteiger partial charge on any atom is -0.398 e. The number of sulfonamides is 1. The van der Waals surface area contributed by atoms with Gasteiger partial charge in [0, 0.05) is 10.2 Å². The first-order valence-electron chi connectivity index (χ1n) is 6.17. The van der Waals surface area contributed by atoms with E-state index in [1.54, 1.807) is 36.4 Å². The van der Waals surface area contributed by atoms with E-state index in [-0.39, 0.29) is 11.4 Å². The molecule has 0 atom stereocenters. The monoisotopic (exact) mass is 365 g/mol. The van der Waals surface area contributed by atoms with E-state index in [4.69, 9.17) is 5.73 Å². The smallest absolute Gasteiger partial charge is 0.267 e. The molecule has 108 valence electrons. The molecule has 7 heteroatoms. The fourth-order valence-electron chi connectivity index (χ4n) is 2.10. The van der Waals surface area contributed by atoms with Crippen LogP contribution in [-0.4, -0.2) is 19.1 Å². The number of benzene rings is 2. The highest BCUT2D eigenvalue weighted by molar-refractivity contribution is 9.10. The Hall–Kier alpha value is -1.86. The Morgan fingerprint density at radius 3 is 2.71 bits per heavy atom. The first-order valence-corrected chi connectivity index (χ1v) is 8.41. The van der Waals surface area contributed by atoms with Crippen molar-refractivity contribution < 1.29 is 8.42 Å². The van der Waals surface area contributed by atoms with Crippen molar-refractivity contribution in [2.75, 3.05) is 5.73 Å². The molecular formula is C14H12BrN3O2S. The average Bonchev–Trinajstić information content (AvgIpc) is 2.44. The van der Waals surface area contributed by atoms with Gasteiger partial charge in [-0.3, -0.25) is 4.31 Å². The van der Waals surface area contributed by atoms with E-state index in [1.165, 1.54) is 10.6 Å². The lowest BCUT2D eigenvalue weighted by molar-refractivity contribution is 0.522. The largest absolute Gasteiger partial charge is 0.398 e. The summed E-state index contributed by atoms with van der Waals surface area (Å²) in [5, 5.41) is 0. The Balaban J connectivity index is 1.98. The Kier molecular flexibility index (Phi) is 3.46. The summed E-state index contributed by atoms with van der Waals surface area (Å²) in [4.78, 5) is 4.40. The molecule has 0 spiro atoms. The molecule has 2 N–H and O–H groups in total. The van der Waals surface area contributed by atoms with Crippen molar-refractivity contribution in [2.24, 2.45) is 4.99 Å². The Morgan fingerprint density at radius 1 is 1.19 bits per heavy atom. The summed E-state index contributed by atoms with van der Waals surface area (Å²) in [5.41, 5.74) is 7.65. The normalized spacial score (nSPS) is 15.8. The average molecular weight is 366 g/mol. The third-order valence-electron chi connectivity index (χ3n) is 3.21. The van der Waals surface area contributed by atoms with Crippen molar-refractivity contribution in [1.29, 1.82) is 0 Å². The first kappa shape index (κ1) is 14.1. The number of hydrogen-bond acceptors (Lipinski definition) is 4. The number of fused-ring (bicyclic) bond motifs is 1. The Bertz CT molecular complexity index is 834. The van der Waals surface area contributed by atoms with Crippen LogP contribution in [0.15, 0.2) is 56.8 Å². The Labute approximate surface area is 131 Å². The molecule has 1 aliphatic heterocycles. The Morgan fingerprint density at radius 2 is 1.95 bits per heavy atom. The maximum atomic E-state index is 12.6. The summed E-state index contributed by atoms with van der Waals surface area (Å²) in [5.74, 6) is 0. The number of aliphatic imine (C=N–C) groups is 1. The van der Waals surface area contributed by atoms with Gasteiger partial charge in [-0.1, -0.05) is 34.1 Å². The second kappa shape index (κ2) is 5.16. The molecule has 0 saturated carbocycles. The van der Waals surface area contributed by atoms with E-state index in [0.717, 1.165) is 10.0 Å². The highest BCUT2D eigenvalue weighted by Crippen LogP contribution is 2.31. The van der Waals surface area contributed by atoms with Crippen molar-refractivity contribution in [3.05, 3.63) is 52.5 Å². The van der Waals surface area contributed by atoms with Gasteiger partial charge in [-0.05, 0) is 29.8 Å². The molecule has 0 saturated heterocycles. The topological polar surface area (TPSA) is 75.8 Å². The lowest BCUT2D eigenvalue weighted by Gasteiger charge is -2.24. The number of nitrogen functional groups attached to an aromatic ring is 1. The standard InChI is InChI=1S/C14H12BrN3O2S/c15-11-6-5-10(12(16)7-11)8-18-9-17-13-3-1-2-4-14(13)21(18,19)20/h1-7,9H,8,16H2. The molecule has 0 radical (unpaired) electrons. The third kappa shape index (κ3) is 2.54. The molecule has 0 bridgehead atoms. The molecule has 0 aliphatic carbocycles. The summed E-state index contributed by atoms with van der Waals surface area (Å²) in [6, 6.07) is 12.0. The number of para-hydroxylation sites is 1. The van der Waals surface area contributed by atoms with Gasteiger partial charge in [-0.2, -0.15) is 0 Å². The summed E-state index contributed by atoms with van der Waals surface area (Å²) < 4.78 is 27.2. The molecule has 1 aliphatic rings. The number of rotatable bonds is 2. The van der Waals surface area contributed by atoms with Gasteiger partial charge in [0.25, 0.3) is 10.0 Å². The zero-order valence-electron chi connectivity index (χ0n) is 10.9. The third-order valence-corrected chi connectivity index (χ3v) is 5.45. The zero-order valence-corrected chi connectivity index (χ0v) is 13.3. The number of nitrogens with two attached hydrogens (primary N) is 1. The molecular weight excluding hydrogens is 354 g/mol. The van der Waals surface area contributed by atoms with Gasteiger partial charge in [0.15, 0.2) is 0 Å². The summed E-state index contributed by atoms with van der Waals surface area (Å²) in [6.45, 7) is 0.152. The van der Waals surface area contributed by atoms with Crippen LogP contribution in [0.5, 0.6) is 0 Å². The number of anilines is 1. The predicted molar refractivity (Wildman–Crippen MR) is 85.9 cm³/mol. The quantitative estimate of drug-likeness (QED) is 0.831. The summed E-state index contributed by atoms with van der Waals surface area (Å²) in [6.07, 6.45) is 1.33. The van der Waals surface area contributed by atoms with Crippen LogP contribution >= 0.6 is 15.9 Å². The maximum absolute atomic E-state index is 12.6. The molecule has 2 aromatic carbocycles. The second-order valence-electron chi connectivity index (χ2n) is 4.61. The van der Waals surface area contributed by atoms with Crippen molar-refractivity contribution >= 4 is 43.7 Å². The van der Waals surface area contributed by atoms with Gasteiger partial charge in [0.2, 0.25) is 0 Å². The van der Waals surface area contributed by atoms with Crippen LogP contribution in [-0.2, 0) is 16.6 Å². The van der Waals surface area contributed by atoms with Crippen molar-refractivity contribution in [3.8, 4) is 0 Å². The van der Waals surface area contributed by atoms with Crippen molar-refractivity contribution in [2.45, 2.75) is 11.4 Å².